The summed E-state index contributed by atoms with van der Waals surface area (Å²) in [4.78, 5) is 17.6. The third kappa shape index (κ3) is 6.02. The van der Waals surface area contributed by atoms with Crippen molar-refractivity contribution in [3.8, 4) is 5.75 Å². The van der Waals surface area contributed by atoms with Crippen molar-refractivity contribution in [2.24, 2.45) is 11.8 Å². The number of nitrogens with one attached hydrogen (secondary N) is 1. The van der Waals surface area contributed by atoms with E-state index in [-0.39, 0.29) is 52.5 Å². The Morgan fingerprint density at radius 1 is 1.17 bits per heavy atom. The molecule has 3 atom stereocenters. The molecule has 2 N–H and O–H groups in total. The standard InChI is InChI=1S/C27H37N3O5S/c1-18-8-12-22(13-9-18)36(33,34)28-24-7-5-6-23-26(24)35-25(16-29(4)15-21-10-11-21)19(2)14-30(27(23)32)20(3)17-31/h5-9,12-13,19-21,25,28,31H,10-11,14-17H2,1-4H3/t19-,20-,25-/m0/s1. The van der Waals surface area contributed by atoms with Gasteiger partial charge in [0.25, 0.3) is 15.9 Å². The number of carbonyl (C=O) groups excluding carboxylic acids is 1. The van der Waals surface area contributed by atoms with Crippen LogP contribution in [0.1, 0.15) is 42.6 Å². The van der Waals surface area contributed by atoms with Crippen molar-refractivity contribution in [3.05, 3.63) is 53.6 Å². The first-order valence-corrected chi connectivity index (χ1v) is 14.1. The summed E-state index contributed by atoms with van der Waals surface area (Å²) < 4.78 is 35.6. The number of carbonyl (C=O) groups is 1. The normalized spacial score (nSPS) is 21.4. The molecule has 196 valence electrons. The van der Waals surface area contributed by atoms with E-state index >= 15 is 0 Å². The zero-order valence-electron chi connectivity index (χ0n) is 21.5. The van der Waals surface area contributed by atoms with Crippen molar-refractivity contribution in [1.82, 2.24) is 9.80 Å². The van der Waals surface area contributed by atoms with Crippen LogP contribution in [0.4, 0.5) is 5.69 Å². The summed E-state index contributed by atoms with van der Waals surface area (Å²) in [5, 5.41) is 9.85. The molecule has 36 heavy (non-hydrogen) atoms. The molecule has 2 aliphatic rings. The van der Waals surface area contributed by atoms with Crippen molar-refractivity contribution >= 4 is 21.6 Å². The largest absolute Gasteiger partial charge is 0.486 e. The Kier molecular flexibility index (Phi) is 7.92. The van der Waals surface area contributed by atoms with E-state index in [1.165, 1.54) is 12.8 Å². The highest BCUT2D eigenvalue weighted by atomic mass is 32.2. The molecule has 1 saturated carbocycles. The Hall–Kier alpha value is -2.62. The van der Waals surface area contributed by atoms with Crippen molar-refractivity contribution in [3.63, 3.8) is 0 Å². The maximum Gasteiger partial charge on any atom is 0.262 e. The quantitative estimate of drug-likeness (QED) is 0.531. The fraction of sp³-hybridized carbons (Fsp3) is 0.519. The van der Waals surface area contributed by atoms with Crippen LogP contribution >= 0.6 is 0 Å². The number of amides is 1. The van der Waals surface area contributed by atoms with Gasteiger partial charge >= 0.3 is 0 Å². The first-order chi connectivity index (χ1) is 17.1. The molecule has 2 aromatic rings. The summed E-state index contributed by atoms with van der Waals surface area (Å²) in [7, 11) is -1.83. The molecule has 0 spiro atoms. The topological polar surface area (TPSA) is 99.2 Å². The predicted octanol–water partition coefficient (Wildman–Crippen LogP) is 3.36. The van der Waals surface area contributed by atoms with Crippen molar-refractivity contribution < 1.29 is 23.1 Å². The highest BCUT2D eigenvalue weighted by Gasteiger charge is 2.35. The van der Waals surface area contributed by atoms with E-state index in [1.54, 1.807) is 47.4 Å². The Balaban J connectivity index is 1.72. The highest BCUT2D eigenvalue weighted by Crippen LogP contribution is 2.36. The predicted molar refractivity (Wildman–Crippen MR) is 140 cm³/mol. The van der Waals surface area contributed by atoms with Gasteiger partial charge in [0.2, 0.25) is 0 Å². The van der Waals surface area contributed by atoms with Gasteiger partial charge in [-0.3, -0.25) is 9.52 Å². The van der Waals surface area contributed by atoms with Gasteiger partial charge in [0, 0.05) is 25.6 Å². The second kappa shape index (κ2) is 10.8. The molecular weight excluding hydrogens is 478 g/mol. The average molecular weight is 516 g/mol. The molecule has 1 heterocycles. The van der Waals surface area contributed by atoms with E-state index in [1.807, 2.05) is 20.8 Å². The second-order valence-corrected chi connectivity index (χ2v) is 12.1. The van der Waals surface area contributed by atoms with Crippen LogP contribution in [0.25, 0.3) is 0 Å². The number of aryl methyl sites for hydroxylation is 1. The molecule has 0 aromatic heterocycles. The maximum absolute atomic E-state index is 13.6. The first kappa shape index (κ1) is 26.4. The highest BCUT2D eigenvalue weighted by molar-refractivity contribution is 7.92. The number of nitrogens with zero attached hydrogens (tertiary/aromatic N) is 2. The smallest absolute Gasteiger partial charge is 0.262 e. The first-order valence-electron chi connectivity index (χ1n) is 12.6. The minimum Gasteiger partial charge on any atom is -0.486 e. The number of sulfonamides is 1. The van der Waals surface area contributed by atoms with Gasteiger partial charge in [0.05, 0.1) is 28.8 Å². The van der Waals surface area contributed by atoms with E-state index in [9.17, 15) is 18.3 Å². The number of aliphatic hydroxyl groups is 1. The van der Waals surface area contributed by atoms with Crippen LogP contribution in [0.3, 0.4) is 0 Å². The van der Waals surface area contributed by atoms with Crippen LogP contribution in [0.5, 0.6) is 5.75 Å². The molecule has 1 fully saturated rings. The molecule has 0 saturated heterocycles. The third-order valence-corrected chi connectivity index (χ3v) is 8.41. The van der Waals surface area contributed by atoms with Gasteiger partial charge in [-0.15, -0.1) is 0 Å². The number of hydrogen-bond donors (Lipinski definition) is 2. The Bertz CT molecular complexity index is 1180. The molecule has 4 rings (SSSR count). The van der Waals surface area contributed by atoms with E-state index in [2.05, 4.69) is 16.7 Å². The summed E-state index contributed by atoms with van der Waals surface area (Å²) in [6.07, 6.45) is 2.21. The van der Waals surface area contributed by atoms with E-state index < -0.39 is 10.0 Å². The number of anilines is 1. The van der Waals surface area contributed by atoms with E-state index in [0.29, 0.717) is 13.1 Å². The average Bonchev–Trinajstić information content (AvgIpc) is 3.65. The summed E-state index contributed by atoms with van der Waals surface area (Å²) >= 11 is 0. The zero-order chi connectivity index (χ0) is 26.0. The maximum atomic E-state index is 13.6. The number of aliphatic hydroxyl groups excluding tert-OH is 1. The van der Waals surface area contributed by atoms with Crippen molar-refractivity contribution in [2.45, 2.75) is 50.7 Å². The minimum absolute atomic E-state index is 0.0421. The summed E-state index contributed by atoms with van der Waals surface area (Å²) in [6, 6.07) is 11.1. The summed E-state index contributed by atoms with van der Waals surface area (Å²) in [5.74, 6) is 0.610. The molecule has 0 bridgehead atoms. The lowest BCUT2D eigenvalue weighted by Crippen LogP contribution is -2.50. The van der Waals surface area contributed by atoms with Crippen molar-refractivity contribution in [1.29, 1.82) is 0 Å². The van der Waals surface area contributed by atoms with Gasteiger partial charge in [0.15, 0.2) is 5.75 Å². The summed E-state index contributed by atoms with van der Waals surface area (Å²) in [5.41, 5.74) is 1.46. The van der Waals surface area contributed by atoms with Gasteiger partial charge in [-0.1, -0.05) is 30.7 Å². The zero-order valence-corrected chi connectivity index (χ0v) is 22.3. The molecular formula is C27H37N3O5S. The number of para-hydroxylation sites is 1. The van der Waals surface area contributed by atoms with Crippen LogP contribution in [0.15, 0.2) is 47.4 Å². The number of benzene rings is 2. The molecule has 0 unspecified atom stereocenters. The molecule has 0 radical (unpaired) electrons. The lowest BCUT2D eigenvalue weighted by molar-refractivity contribution is 0.0346. The van der Waals surface area contributed by atoms with Crippen LogP contribution in [0.2, 0.25) is 0 Å². The molecule has 9 heteroatoms. The van der Waals surface area contributed by atoms with Gasteiger partial charge in [-0.2, -0.15) is 0 Å². The number of ether oxygens (including phenoxy) is 1. The van der Waals surface area contributed by atoms with Gasteiger partial charge in [0.1, 0.15) is 6.10 Å². The van der Waals surface area contributed by atoms with E-state index in [4.69, 9.17) is 4.74 Å². The number of fused-ring (bicyclic) bond motifs is 1. The number of rotatable bonds is 9. The molecule has 2 aromatic carbocycles. The van der Waals surface area contributed by atoms with Crippen molar-refractivity contribution in [2.75, 3.05) is 38.0 Å². The molecule has 1 amide bonds. The lowest BCUT2D eigenvalue weighted by Gasteiger charge is -2.38. The SMILES string of the molecule is Cc1ccc(S(=O)(=O)Nc2cccc3c2O[C@@H](CN(C)CC2CC2)[C@@H](C)CN([C@@H](C)CO)C3=O)cc1. The van der Waals surface area contributed by atoms with Gasteiger partial charge < -0.3 is 19.6 Å². The molecule has 8 nitrogen and oxygen atoms in total. The van der Waals surface area contributed by atoms with Gasteiger partial charge in [-0.25, -0.2) is 8.42 Å². The molecule has 1 aliphatic heterocycles. The third-order valence-electron chi connectivity index (χ3n) is 7.03. The minimum atomic E-state index is -3.90. The van der Waals surface area contributed by atoms with Crippen LogP contribution < -0.4 is 9.46 Å². The monoisotopic (exact) mass is 515 g/mol. The number of likely N-dealkylation sites (N-methyl/N-ethyl adjacent to an activating group) is 1. The van der Waals surface area contributed by atoms with Gasteiger partial charge in [-0.05, 0) is 63.9 Å². The Morgan fingerprint density at radius 3 is 2.50 bits per heavy atom. The van der Waals surface area contributed by atoms with Crippen LogP contribution in [-0.4, -0.2) is 74.7 Å². The van der Waals surface area contributed by atoms with Crippen LogP contribution in [-0.2, 0) is 10.0 Å². The lowest BCUT2D eigenvalue weighted by atomic mass is 9.99. The number of hydrogen-bond acceptors (Lipinski definition) is 6. The fourth-order valence-electron chi connectivity index (χ4n) is 4.59. The van der Waals surface area contributed by atoms with E-state index in [0.717, 1.165) is 18.0 Å². The van der Waals surface area contributed by atoms with Crippen LogP contribution in [0, 0.1) is 18.8 Å². The second-order valence-electron chi connectivity index (χ2n) is 10.4. The Morgan fingerprint density at radius 2 is 1.86 bits per heavy atom. The summed E-state index contributed by atoms with van der Waals surface area (Å²) in [6.45, 7) is 7.63. The fourth-order valence-corrected chi connectivity index (χ4v) is 5.65. The molecule has 1 aliphatic carbocycles. The Labute approximate surface area is 214 Å².